The van der Waals surface area contributed by atoms with Crippen LogP contribution in [0, 0.1) is 13.8 Å². The molecule has 0 amide bonds. The number of anilines is 1. The van der Waals surface area contributed by atoms with E-state index < -0.39 is 0 Å². The van der Waals surface area contributed by atoms with Crippen LogP contribution in [-0.2, 0) is 0 Å². The molecule has 0 fully saturated rings. The molecule has 0 aliphatic rings. The molecule has 0 saturated carbocycles. The number of hydrogen-bond acceptors (Lipinski definition) is 4. The van der Waals surface area contributed by atoms with Crippen LogP contribution in [0.3, 0.4) is 0 Å². The van der Waals surface area contributed by atoms with Crippen LogP contribution in [0.4, 0.5) is 5.82 Å². The van der Waals surface area contributed by atoms with Gasteiger partial charge in [0.2, 0.25) is 0 Å². The minimum absolute atomic E-state index is 0.485. The molecular formula is C20H20N4. The number of allylic oxidation sites excluding steroid dienone is 3. The monoisotopic (exact) mass is 316 g/mol. The molecule has 0 aliphatic heterocycles. The predicted octanol–water partition coefficient (Wildman–Crippen LogP) is 4.48. The Morgan fingerprint density at radius 1 is 1.12 bits per heavy atom. The van der Waals surface area contributed by atoms with Crippen LogP contribution in [0.15, 0.2) is 49.3 Å². The zero-order valence-corrected chi connectivity index (χ0v) is 14.2. The van der Waals surface area contributed by atoms with Crippen molar-refractivity contribution in [3.05, 3.63) is 66.3 Å². The van der Waals surface area contributed by atoms with Gasteiger partial charge in [0.15, 0.2) is 0 Å². The van der Waals surface area contributed by atoms with E-state index in [0.29, 0.717) is 5.82 Å². The summed E-state index contributed by atoms with van der Waals surface area (Å²) < 4.78 is 0. The van der Waals surface area contributed by atoms with Gasteiger partial charge in [-0.05, 0) is 55.5 Å². The van der Waals surface area contributed by atoms with Crippen molar-refractivity contribution in [1.82, 2.24) is 15.0 Å². The molecule has 0 spiro atoms. The van der Waals surface area contributed by atoms with E-state index in [4.69, 9.17) is 5.73 Å². The number of pyridine rings is 3. The number of nitrogens with two attached hydrogens (primary N) is 1. The largest absolute Gasteiger partial charge is 0.383 e. The summed E-state index contributed by atoms with van der Waals surface area (Å²) >= 11 is 0. The van der Waals surface area contributed by atoms with Gasteiger partial charge in [0.1, 0.15) is 5.82 Å². The highest BCUT2D eigenvalue weighted by molar-refractivity contribution is 5.93. The van der Waals surface area contributed by atoms with Crippen LogP contribution in [0.1, 0.15) is 23.9 Å². The second-order valence-corrected chi connectivity index (χ2v) is 5.77. The van der Waals surface area contributed by atoms with Gasteiger partial charge >= 0.3 is 0 Å². The van der Waals surface area contributed by atoms with Crippen LogP contribution in [0.5, 0.6) is 0 Å². The van der Waals surface area contributed by atoms with E-state index in [1.807, 2.05) is 50.4 Å². The molecule has 24 heavy (non-hydrogen) atoms. The number of rotatable bonds is 3. The molecule has 0 radical (unpaired) electrons. The van der Waals surface area contributed by atoms with Crippen LogP contribution in [-0.4, -0.2) is 15.0 Å². The highest BCUT2D eigenvalue weighted by Crippen LogP contribution is 2.29. The van der Waals surface area contributed by atoms with Crippen LogP contribution in [0.25, 0.3) is 27.6 Å². The van der Waals surface area contributed by atoms with E-state index in [9.17, 15) is 0 Å². The summed E-state index contributed by atoms with van der Waals surface area (Å²) in [4.78, 5) is 13.4. The van der Waals surface area contributed by atoms with Crippen molar-refractivity contribution in [2.45, 2.75) is 20.8 Å². The highest BCUT2D eigenvalue weighted by Gasteiger charge is 2.10. The molecule has 3 heterocycles. The number of fused-ring (bicyclic) bond motifs is 1. The summed E-state index contributed by atoms with van der Waals surface area (Å²) in [6.07, 6.45) is 7.42. The van der Waals surface area contributed by atoms with Gasteiger partial charge in [-0.2, -0.15) is 0 Å². The van der Waals surface area contributed by atoms with Crippen LogP contribution >= 0.6 is 0 Å². The summed E-state index contributed by atoms with van der Waals surface area (Å²) in [6, 6.07) is 6.10. The fourth-order valence-electron chi connectivity index (χ4n) is 2.77. The lowest BCUT2D eigenvalue weighted by atomic mass is 10.0. The number of hydrogen-bond donors (Lipinski definition) is 1. The van der Waals surface area contributed by atoms with Crippen molar-refractivity contribution in [2.24, 2.45) is 0 Å². The summed E-state index contributed by atoms with van der Waals surface area (Å²) in [6.45, 7) is 9.82. The van der Waals surface area contributed by atoms with Gasteiger partial charge in [-0.15, -0.1) is 0 Å². The average molecular weight is 316 g/mol. The van der Waals surface area contributed by atoms with Crippen molar-refractivity contribution in [1.29, 1.82) is 0 Å². The van der Waals surface area contributed by atoms with E-state index in [1.54, 1.807) is 6.20 Å². The lowest BCUT2D eigenvalue weighted by molar-refractivity contribution is 1.21. The number of aryl methyl sites for hydroxylation is 2. The average Bonchev–Trinajstić information content (AvgIpc) is 2.55. The molecule has 4 heteroatoms. The molecule has 0 saturated heterocycles. The van der Waals surface area contributed by atoms with Gasteiger partial charge < -0.3 is 5.73 Å². The number of nitrogens with zero attached hydrogens (tertiary/aromatic N) is 3. The molecule has 0 unspecified atom stereocenters. The molecule has 3 aromatic rings. The van der Waals surface area contributed by atoms with E-state index in [0.717, 1.165) is 44.6 Å². The molecule has 3 rings (SSSR count). The molecule has 3 aromatic heterocycles. The SMILES string of the molecule is C=C/C(=C\C)c1cc(C)c(-c2cc3cc(C)ncc3c(N)n2)cn1. The predicted molar refractivity (Wildman–Crippen MR) is 101 cm³/mol. The summed E-state index contributed by atoms with van der Waals surface area (Å²) in [5.74, 6) is 0.485. The van der Waals surface area contributed by atoms with Crippen molar-refractivity contribution < 1.29 is 0 Å². The first kappa shape index (κ1) is 15.9. The quantitative estimate of drug-likeness (QED) is 0.724. The van der Waals surface area contributed by atoms with Gasteiger partial charge in [0.05, 0.1) is 11.4 Å². The third-order valence-electron chi connectivity index (χ3n) is 4.10. The Hall–Kier alpha value is -3.01. The van der Waals surface area contributed by atoms with Gasteiger partial charge in [-0.25, -0.2) is 4.98 Å². The smallest absolute Gasteiger partial charge is 0.133 e. The van der Waals surface area contributed by atoms with Crippen molar-refractivity contribution >= 4 is 22.2 Å². The Morgan fingerprint density at radius 3 is 2.58 bits per heavy atom. The number of aromatic nitrogens is 3. The maximum atomic E-state index is 6.12. The lowest BCUT2D eigenvalue weighted by Crippen LogP contribution is -1.98. The lowest BCUT2D eigenvalue weighted by Gasteiger charge is -2.10. The van der Waals surface area contributed by atoms with E-state index in [-0.39, 0.29) is 0 Å². The minimum atomic E-state index is 0.485. The van der Waals surface area contributed by atoms with E-state index >= 15 is 0 Å². The Kier molecular flexibility index (Phi) is 4.13. The second kappa shape index (κ2) is 6.24. The summed E-state index contributed by atoms with van der Waals surface area (Å²) in [5.41, 5.74) is 11.9. The molecule has 2 N–H and O–H groups in total. The molecule has 0 aromatic carbocycles. The van der Waals surface area contributed by atoms with Gasteiger partial charge in [-0.1, -0.05) is 18.7 Å². The third kappa shape index (κ3) is 2.78. The molecule has 0 atom stereocenters. The third-order valence-corrected chi connectivity index (χ3v) is 4.10. The van der Waals surface area contributed by atoms with E-state index in [1.165, 1.54) is 0 Å². The summed E-state index contributed by atoms with van der Waals surface area (Å²) in [5, 5.41) is 1.91. The first-order valence-electron chi connectivity index (χ1n) is 7.82. The molecular weight excluding hydrogens is 296 g/mol. The normalized spacial score (nSPS) is 11.7. The maximum absolute atomic E-state index is 6.12. The highest BCUT2D eigenvalue weighted by atomic mass is 14.9. The van der Waals surface area contributed by atoms with E-state index in [2.05, 4.69) is 28.5 Å². The van der Waals surface area contributed by atoms with Crippen molar-refractivity contribution in [2.75, 3.05) is 5.73 Å². The first-order chi connectivity index (χ1) is 11.5. The fraction of sp³-hybridized carbons (Fsp3) is 0.150. The second-order valence-electron chi connectivity index (χ2n) is 5.77. The molecule has 0 bridgehead atoms. The van der Waals surface area contributed by atoms with Crippen LogP contribution in [0.2, 0.25) is 0 Å². The Bertz CT molecular complexity index is 971. The topological polar surface area (TPSA) is 64.7 Å². The van der Waals surface area contributed by atoms with Gasteiger partial charge in [0, 0.05) is 29.0 Å². The fourth-order valence-corrected chi connectivity index (χ4v) is 2.77. The van der Waals surface area contributed by atoms with Gasteiger partial charge in [0.25, 0.3) is 0 Å². The van der Waals surface area contributed by atoms with Crippen LogP contribution < -0.4 is 5.73 Å². The van der Waals surface area contributed by atoms with Crippen molar-refractivity contribution in [3.8, 4) is 11.3 Å². The number of nitrogen functional groups attached to an aromatic ring is 1. The maximum Gasteiger partial charge on any atom is 0.133 e. The first-order valence-corrected chi connectivity index (χ1v) is 7.82. The minimum Gasteiger partial charge on any atom is -0.383 e. The zero-order valence-electron chi connectivity index (χ0n) is 14.2. The summed E-state index contributed by atoms with van der Waals surface area (Å²) in [7, 11) is 0. The Morgan fingerprint density at radius 2 is 1.92 bits per heavy atom. The Labute approximate surface area is 141 Å². The standard InChI is InChI=1S/C20H20N4/c1-5-14(6-2)18-7-12(3)16(10-23-18)19-9-15-8-13(4)22-11-17(15)20(21)24-19/h5-11H,1H2,2-4H3,(H2,21,24)/b14-6+. The zero-order chi connectivity index (χ0) is 17.3. The van der Waals surface area contributed by atoms with Gasteiger partial charge in [-0.3, -0.25) is 9.97 Å². The Balaban J connectivity index is 2.15. The molecule has 120 valence electrons. The molecule has 0 aliphatic carbocycles. The molecule has 4 nitrogen and oxygen atoms in total. The van der Waals surface area contributed by atoms with Crippen molar-refractivity contribution in [3.63, 3.8) is 0 Å².